The summed E-state index contributed by atoms with van der Waals surface area (Å²) in [6.45, 7) is 13.2. The minimum atomic E-state index is -0.0582. The quantitative estimate of drug-likeness (QED) is 0.328. The van der Waals surface area contributed by atoms with Crippen molar-refractivity contribution in [2.75, 3.05) is 0 Å². The summed E-state index contributed by atoms with van der Waals surface area (Å²) in [7, 11) is 0. The van der Waals surface area contributed by atoms with Crippen molar-refractivity contribution in [1.82, 2.24) is 0 Å². The summed E-state index contributed by atoms with van der Waals surface area (Å²) < 4.78 is 0. The summed E-state index contributed by atoms with van der Waals surface area (Å²) in [5.74, 6) is 0.552. The zero-order valence-electron chi connectivity index (χ0n) is 21.0. The number of benzene rings is 4. The highest BCUT2D eigenvalue weighted by Gasteiger charge is 2.20. The van der Waals surface area contributed by atoms with E-state index in [1.165, 1.54) is 11.1 Å². The third-order valence-electron chi connectivity index (χ3n) is 6.36. The summed E-state index contributed by atoms with van der Waals surface area (Å²) in [5.41, 5.74) is 8.10. The van der Waals surface area contributed by atoms with Gasteiger partial charge in [0.25, 0.3) is 0 Å². The van der Waals surface area contributed by atoms with Crippen molar-refractivity contribution in [3.05, 3.63) is 96.1 Å². The second-order valence-electron chi connectivity index (χ2n) is 11.1. The van der Waals surface area contributed by atoms with Crippen molar-refractivity contribution < 1.29 is 10.2 Å². The Morgan fingerprint density at radius 1 is 0.441 bits per heavy atom. The van der Waals surface area contributed by atoms with Crippen LogP contribution < -0.4 is 0 Å². The number of phenols is 2. The van der Waals surface area contributed by atoms with Gasteiger partial charge in [-0.05, 0) is 68.5 Å². The molecule has 34 heavy (non-hydrogen) atoms. The lowest BCUT2D eigenvalue weighted by Crippen LogP contribution is -2.12. The Morgan fingerprint density at radius 2 is 0.765 bits per heavy atom. The number of hydrogen-bond acceptors (Lipinski definition) is 2. The van der Waals surface area contributed by atoms with Crippen molar-refractivity contribution in [1.29, 1.82) is 0 Å². The molecule has 0 heterocycles. The number of phenolic OH excluding ortho intramolecular Hbond substituents is 2. The van der Waals surface area contributed by atoms with Crippen LogP contribution >= 0.6 is 0 Å². The molecule has 0 amide bonds. The normalized spacial score (nSPS) is 12.1. The first-order valence-corrected chi connectivity index (χ1v) is 11.8. The smallest absolute Gasteiger partial charge is 0.123 e. The van der Waals surface area contributed by atoms with E-state index < -0.39 is 0 Å². The molecule has 4 rings (SSSR count). The Balaban J connectivity index is 2.00. The monoisotopic (exact) mass is 450 g/mol. The molecule has 4 aromatic carbocycles. The fourth-order valence-corrected chi connectivity index (χ4v) is 4.20. The molecule has 0 radical (unpaired) electrons. The predicted molar refractivity (Wildman–Crippen MR) is 143 cm³/mol. The van der Waals surface area contributed by atoms with E-state index >= 15 is 0 Å². The lowest BCUT2D eigenvalue weighted by molar-refractivity contribution is 0.477. The van der Waals surface area contributed by atoms with Gasteiger partial charge in [0, 0.05) is 11.1 Å². The fraction of sp³-hybridized carbons (Fsp3) is 0.250. The highest BCUT2D eigenvalue weighted by molar-refractivity contribution is 5.81. The second-order valence-corrected chi connectivity index (χ2v) is 11.1. The minimum absolute atomic E-state index is 0.0582. The molecule has 2 heteroatoms. The highest BCUT2D eigenvalue weighted by Crippen LogP contribution is 2.40. The molecule has 2 nitrogen and oxygen atoms in total. The lowest BCUT2D eigenvalue weighted by Gasteiger charge is -2.24. The molecule has 0 atom stereocenters. The standard InChI is InChI=1S/C32H34O2/c1-31(2,3)25-17-21(15-23(19-25)27-11-7-9-13-29(27)33)22-16-24(20-26(18-22)32(4,5)6)28-12-8-10-14-30(28)34/h7-20,33-34H,1-6H3. The van der Waals surface area contributed by atoms with Gasteiger partial charge in [-0.25, -0.2) is 0 Å². The molecule has 0 aliphatic heterocycles. The van der Waals surface area contributed by atoms with Crippen molar-refractivity contribution >= 4 is 0 Å². The van der Waals surface area contributed by atoms with Gasteiger partial charge >= 0.3 is 0 Å². The van der Waals surface area contributed by atoms with Gasteiger partial charge < -0.3 is 10.2 Å². The van der Waals surface area contributed by atoms with Crippen LogP contribution in [0.3, 0.4) is 0 Å². The predicted octanol–water partition coefficient (Wildman–Crippen LogP) is 8.69. The maximum atomic E-state index is 10.6. The Bertz CT molecular complexity index is 1230. The van der Waals surface area contributed by atoms with E-state index in [1.807, 2.05) is 36.4 Å². The zero-order chi connectivity index (χ0) is 24.7. The van der Waals surface area contributed by atoms with Gasteiger partial charge in [0.1, 0.15) is 11.5 Å². The van der Waals surface area contributed by atoms with Gasteiger partial charge in [0.15, 0.2) is 0 Å². The van der Waals surface area contributed by atoms with Gasteiger partial charge in [-0.1, -0.05) is 102 Å². The van der Waals surface area contributed by atoms with Crippen molar-refractivity contribution in [3.8, 4) is 44.9 Å². The lowest BCUT2D eigenvalue weighted by atomic mass is 9.81. The molecule has 0 aliphatic carbocycles. The van der Waals surface area contributed by atoms with Crippen LogP contribution in [0.1, 0.15) is 52.7 Å². The van der Waals surface area contributed by atoms with Gasteiger partial charge in [0.05, 0.1) is 0 Å². The van der Waals surface area contributed by atoms with E-state index in [4.69, 9.17) is 0 Å². The first-order chi connectivity index (χ1) is 15.9. The van der Waals surface area contributed by atoms with Crippen LogP contribution in [-0.4, -0.2) is 10.2 Å². The maximum absolute atomic E-state index is 10.6. The Labute approximate surface area is 203 Å². The molecule has 4 aromatic rings. The van der Waals surface area contributed by atoms with Crippen LogP contribution in [0.4, 0.5) is 0 Å². The van der Waals surface area contributed by atoms with Gasteiger partial charge in [0.2, 0.25) is 0 Å². The molecule has 2 N–H and O–H groups in total. The van der Waals surface area contributed by atoms with E-state index in [-0.39, 0.29) is 22.3 Å². The molecular weight excluding hydrogens is 416 g/mol. The highest BCUT2D eigenvalue weighted by atomic mass is 16.3. The third kappa shape index (κ3) is 4.87. The van der Waals surface area contributed by atoms with E-state index in [0.29, 0.717) is 0 Å². The molecule has 174 valence electrons. The average Bonchev–Trinajstić information content (AvgIpc) is 2.78. The van der Waals surface area contributed by atoms with Crippen molar-refractivity contribution in [2.45, 2.75) is 52.4 Å². The van der Waals surface area contributed by atoms with Gasteiger partial charge in [-0.15, -0.1) is 0 Å². The fourth-order valence-electron chi connectivity index (χ4n) is 4.20. The summed E-state index contributed by atoms with van der Waals surface area (Å²) in [6.07, 6.45) is 0. The maximum Gasteiger partial charge on any atom is 0.123 e. The average molecular weight is 451 g/mol. The van der Waals surface area contributed by atoms with E-state index in [2.05, 4.69) is 77.9 Å². The van der Waals surface area contributed by atoms with Crippen LogP contribution in [0.2, 0.25) is 0 Å². The van der Waals surface area contributed by atoms with Crippen LogP contribution in [0.5, 0.6) is 11.5 Å². The molecule has 0 aliphatic rings. The van der Waals surface area contributed by atoms with Crippen LogP contribution in [0.15, 0.2) is 84.9 Å². The molecule has 0 spiro atoms. The van der Waals surface area contributed by atoms with Gasteiger partial charge in [-0.2, -0.15) is 0 Å². The molecule has 0 fully saturated rings. The SMILES string of the molecule is CC(C)(C)c1cc(-c2cc(-c3ccccc3O)cc(C(C)(C)C)c2)cc(-c2ccccc2O)c1. The summed E-state index contributed by atoms with van der Waals surface area (Å²) >= 11 is 0. The number of rotatable bonds is 3. The summed E-state index contributed by atoms with van der Waals surface area (Å²) in [6, 6.07) is 28.1. The number of para-hydroxylation sites is 2. The van der Waals surface area contributed by atoms with Crippen LogP contribution in [0.25, 0.3) is 33.4 Å². The van der Waals surface area contributed by atoms with E-state index in [9.17, 15) is 10.2 Å². The molecule has 0 aromatic heterocycles. The minimum Gasteiger partial charge on any atom is -0.507 e. The van der Waals surface area contributed by atoms with Gasteiger partial charge in [-0.3, -0.25) is 0 Å². The number of aromatic hydroxyl groups is 2. The third-order valence-corrected chi connectivity index (χ3v) is 6.36. The second kappa shape index (κ2) is 8.68. The molecular formula is C32H34O2. The van der Waals surface area contributed by atoms with E-state index in [1.54, 1.807) is 12.1 Å². The Hall–Kier alpha value is -3.52. The van der Waals surface area contributed by atoms with E-state index in [0.717, 1.165) is 33.4 Å². The molecule has 0 saturated heterocycles. The van der Waals surface area contributed by atoms with Crippen LogP contribution in [-0.2, 0) is 10.8 Å². The van der Waals surface area contributed by atoms with Crippen LogP contribution in [0, 0.1) is 0 Å². The van der Waals surface area contributed by atoms with Crippen molar-refractivity contribution in [3.63, 3.8) is 0 Å². The molecule has 0 saturated carbocycles. The summed E-state index contributed by atoms with van der Waals surface area (Å²) in [5, 5.41) is 21.1. The summed E-state index contributed by atoms with van der Waals surface area (Å²) in [4.78, 5) is 0. The van der Waals surface area contributed by atoms with Crippen molar-refractivity contribution in [2.24, 2.45) is 0 Å². The zero-order valence-corrected chi connectivity index (χ0v) is 21.0. The number of hydrogen-bond donors (Lipinski definition) is 2. The first kappa shape index (κ1) is 23.6. The Kier molecular flexibility index (Phi) is 6.03. The molecule has 0 unspecified atom stereocenters. The first-order valence-electron chi connectivity index (χ1n) is 11.8. The topological polar surface area (TPSA) is 40.5 Å². The molecule has 0 bridgehead atoms. The largest absolute Gasteiger partial charge is 0.507 e. The Morgan fingerprint density at radius 3 is 1.09 bits per heavy atom.